The van der Waals surface area contributed by atoms with Crippen LogP contribution in [0.3, 0.4) is 0 Å². The second-order valence-electron chi connectivity index (χ2n) is 7.06. The monoisotopic (exact) mass is 448 g/mol. The van der Waals surface area contributed by atoms with E-state index in [2.05, 4.69) is 10.6 Å². The Bertz CT molecular complexity index is 1090. The Kier molecular flexibility index (Phi) is 8.02. The van der Waals surface area contributed by atoms with Crippen LogP contribution in [0.2, 0.25) is 0 Å². The lowest BCUT2D eigenvalue weighted by Crippen LogP contribution is -2.32. The maximum absolute atomic E-state index is 12.0. The van der Waals surface area contributed by atoms with Gasteiger partial charge in [0, 0.05) is 11.3 Å². The molecular formula is C25H24N2O6. The molecule has 2 amide bonds. The minimum absolute atomic E-state index is 0.358. The molecule has 0 saturated carbocycles. The molecule has 0 aliphatic heterocycles. The van der Waals surface area contributed by atoms with Crippen LogP contribution >= 0.6 is 0 Å². The molecule has 0 aromatic heterocycles. The number of nitrogens with one attached hydrogen (secondary N) is 2. The zero-order valence-corrected chi connectivity index (χ0v) is 18.3. The summed E-state index contributed by atoms with van der Waals surface area (Å²) in [5.74, 6) is 0.280. The molecule has 0 bridgehead atoms. The molecule has 0 aliphatic carbocycles. The number of ether oxygens (including phenoxy) is 3. The third-order valence-electron chi connectivity index (χ3n) is 4.50. The first-order valence-corrected chi connectivity index (χ1v) is 10.2. The largest absolute Gasteiger partial charge is 0.497 e. The molecule has 2 N–H and O–H groups in total. The molecule has 0 fully saturated rings. The predicted octanol–water partition coefficient (Wildman–Crippen LogP) is 3.71. The van der Waals surface area contributed by atoms with Crippen LogP contribution in [0.25, 0.3) is 0 Å². The highest BCUT2D eigenvalue weighted by Crippen LogP contribution is 2.23. The van der Waals surface area contributed by atoms with Gasteiger partial charge in [-0.1, -0.05) is 17.7 Å². The number of hydrogen-bond donors (Lipinski definition) is 2. The fourth-order valence-electron chi connectivity index (χ4n) is 2.74. The number of methoxy groups -OCH3 is 1. The van der Waals surface area contributed by atoms with E-state index in [1.807, 2.05) is 31.2 Å². The van der Waals surface area contributed by atoms with Crippen molar-refractivity contribution in [1.82, 2.24) is 5.32 Å². The quantitative estimate of drug-likeness (QED) is 0.484. The molecule has 0 heterocycles. The van der Waals surface area contributed by atoms with Gasteiger partial charge in [0.1, 0.15) is 23.8 Å². The van der Waals surface area contributed by atoms with Crippen molar-refractivity contribution in [2.45, 2.75) is 6.92 Å². The summed E-state index contributed by atoms with van der Waals surface area (Å²) in [6, 6.07) is 20.9. The lowest BCUT2D eigenvalue weighted by Gasteiger charge is -2.09. The summed E-state index contributed by atoms with van der Waals surface area (Å²) in [7, 11) is 1.53. The average molecular weight is 448 g/mol. The van der Waals surface area contributed by atoms with E-state index < -0.39 is 24.4 Å². The number of carbonyl (C=O) groups is 3. The van der Waals surface area contributed by atoms with Gasteiger partial charge in [0.15, 0.2) is 6.61 Å². The van der Waals surface area contributed by atoms with Gasteiger partial charge in [-0.3, -0.25) is 14.4 Å². The SMILES string of the molecule is COc1ccc(C(=O)NCC(=O)OCC(=O)Nc2ccc(Oc3ccc(C)cc3)cc2)cc1. The van der Waals surface area contributed by atoms with Crippen molar-refractivity contribution < 1.29 is 28.6 Å². The van der Waals surface area contributed by atoms with Crippen LogP contribution in [-0.2, 0) is 14.3 Å². The summed E-state index contributed by atoms with van der Waals surface area (Å²) in [5.41, 5.74) is 2.04. The van der Waals surface area contributed by atoms with Gasteiger partial charge < -0.3 is 24.8 Å². The Hall–Kier alpha value is -4.33. The van der Waals surface area contributed by atoms with E-state index in [0.29, 0.717) is 28.5 Å². The van der Waals surface area contributed by atoms with Crippen molar-refractivity contribution in [2.75, 3.05) is 25.6 Å². The molecule has 0 saturated heterocycles. The second kappa shape index (κ2) is 11.3. The maximum Gasteiger partial charge on any atom is 0.325 e. The van der Waals surface area contributed by atoms with E-state index >= 15 is 0 Å². The number of anilines is 1. The number of esters is 1. The van der Waals surface area contributed by atoms with Crippen molar-refractivity contribution in [3.05, 3.63) is 83.9 Å². The van der Waals surface area contributed by atoms with E-state index in [4.69, 9.17) is 14.2 Å². The first-order valence-electron chi connectivity index (χ1n) is 10.2. The van der Waals surface area contributed by atoms with Gasteiger partial charge in [-0.25, -0.2) is 0 Å². The van der Waals surface area contributed by atoms with Crippen molar-refractivity contribution in [2.24, 2.45) is 0 Å². The molecule has 8 nitrogen and oxygen atoms in total. The number of carbonyl (C=O) groups excluding carboxylic acids is 3. The lowest BCUT2D eigenvalue weighted by molar-refractivity contribution is -0.146. The predicted molar refractivity (Wildman–Crippen MR) is 123 cm³/mol. The molecule has 0 aliphatic rings. The van der Waals surface area contributed by atoms with Crippen LogP contribution in [0, 0.1) is 6.92 Å². The van der Waals surface area contributed by atoms with Crippen LogP contribution < -0.4 is 20.1 Å². The van der Waals surface area contributed by atoms with Crippen LogP contribution in [0.4, 0.5) is 5.69 Å². The Balaban J connectivity index is 1.38. The minimum Gasteiger partial charge on any atom is -0.497 e. The molecule has 33 heavy (non-hydrogen) atoms. The average Bonchev–Trinajstić information content (AvgIpc) is 2.84. The second-order valence-corrected chi connectivity index (χ2v) is 7.06. The highest BCUT2D eigenvalue weighted by Gasteiger charge is 2.11. The van der Waals surface area contributed by atoms with Crippen LogP contribution in [0.15, 0.2) is 72.8 Å². The maximum atomic E-state index is 12.0. The fraction of sp³-hybridized carbons (Fsp3) is 0.160. The molecule has 0 atom stereocenters. The fourth-order valence-corrected chi connectivity index (χ4v) is 2.74. The van der Waals surface area contributed by atoms with Gasteiger partial charge >= 0.3 is 5.97 Å². The standard InChI is InChI=1S/C25H24N2O6/c1-17-3-9-21(10-4-17)33-22-13-7-19(8-14-22)27-23(28)16-32-24(29)15-26-25(30)18-5-11-20(31-2)12-6-18/h3-14H,15-16H2,1-2H3,(H,26,30)(H,27,28). The highest BCUT2D eigenvalue weighted by molar-refractivity contribution is 5.96. The Morgan fingerprint density at radius 3 is 1.97 bits per heavy atom. The van der Waals surface area contributed by atoms with Crippen molar-refractivity contribution in [3.63, 3.8) is 0 Å². The first kappa shape index (κ1) is 23.3. The number of hydrogen-bond acceptors (Lipinski definition) is 6. The van der Waals surface area contributed by atoms with Gasteiger partial charge in [0.05, 0.1) is 7.11 Å². The summed E-state index contributed by atoms with van der Waals surface area (Å²) in [6.07, 6.45) is 0. The van der Waals surface area contributed by atoms with E-state index in [1.54, 1.807) is 48.5 Å². The van der Waals surface area contributed by atoms with Gasteiger partial charge in [-0.05, 0) is 67.6 Å². The molecule has 0 unspecified atom stereocenters. The molecule has 0 radical (unpaired) electrons. The molecule has 3 aromatic rings. The molecule has 8 heteroatoms. The van der Waals surface area contributed by atoms with E-state index in [1.165, 1.54) is 7.11 Å². The normalized spacial score (nSPS) is 10.1. The smallest absolute Gasteiger partial charge is 0.325 e. The van der Waals surface area contributed by atoms with Crippen molar-refractivity contribution in [3.8, 4) is 17.2 Å². The number of rotatable bonds is 9. The Morgan fingerprint density at radius 2 is 1.36 bits per heavy atom. The molecule has 0 spiro atoms. The molecular weight excluding hydrogens is 424 g/mol. The minimum atomic E-state index is -0.728. The zero-order chi connectivity index (χ0) is 23.6. The summed E-state index contributed by atoms with van der Waals surface area (Å²) < 4.78 is 15.7. The lowest BCUT2D eigenvalue weighted by atomic mass is 10.2. The summed E-state index contributed by atoms with van der Waals surface area (Å²) in [6.45, 7) is 1.17. The van der Waals surface area contributed by atoms with Gasteiger partial charge in [0.2, 0.25) is 0 Å². The van der Waals surface area contributed by atoms with Crippen LogP contribution in [0.1, 0.15) is 15.9 Å². The van der Waals surface area contributed by atoms with Crippen LogP contribution in [0.5, 0.6) is 17.2 Å². The third-order valence-corrected chi connectivity index (χ3v) is 4.50. The van der Waals surface area contributed by atoms with Gasteiger partial charge in [-0.15, -0.1) is 0 Å². The van der Waals surface area contributed by atoms with E-state index in [-0.39, 0.29) is 6.54 Å². The Morgan fingerprint density at radius 1 is 0.788 bits per heavy atom. The number of benzene rings is 3. The van der Waals surface area contributed by atoms with Crippen molar-refractivity contribution in [1.29, 1.82) is 0 Å². The molecule has 170 valence electrons. The summed E-state index contributed by atoms with van der Waals surface area (Å²) in [4.78, 5) is 35.9. The number of amides is 2. The number of aryl methyl sites for hydroxylation is 1. The van der Waals surface area contributed by atoms with Gasteiger partial charge in [0.25, 0.3) is 11.8 Å². The highest BCUT2D eigenvalue weighted by atomic mass is 16.5. The van der Waals surface area contributed by atoms with Crippen LogP contribution in [-0.4, -0.2) is 38.0 Å². The van der Waals surface area contributed by atoms with E-state index in [9.17, 15) is 14.4 Å². The first-order chi connectivity index (χ1) is 15.9. The summed E-state index contributed by atoms with van der Waals surface area (Å²) in [5, 5.41) is 5.07. The molecule has 3 aromatic carbocycles. The topological polar surface area (TPSA) is 103 Å². The third kappa shape index (κ3) is 7.39. The van der Waals surface area contributed by atoms with Gasteiger partial charge in [-0.2, -0.15) is 0 Å². The van der Waals surface area contributed by atoms with E-state index in [0.717, 1.165) is 5.56 Å². The zero-order valence-electron chi connectivity index (χ0n) is 18.3. The van der Waals surface area contributed by atoms with Crippen molar-refractivity contribution >= 4 is 23.5 Å². The summed E-state index contributed by atoms with van der Waals surface area (Å²) >= 11 is 0. The molecule has 3 rings (SSSR count). The Labute approximate surface area is 191 Å².